The third-order valence-corrected chi connectivity index (χ3v) is 4.53. The van der Waals surface area contributed by atoms with Gasteiger partial charge < -0.3 is 10.4 Å². The van der Waals surface area contributed by atoms with Crippen LogP contribution in [0.1, 0.15) is 6.42 Å². The molecule has 1 saturated heterocycles. The van der Waals surface area contributed by atoms with E-state index in [-0.39, 0.29) is 5.25 Å². The highest BCUT2D eigenvalue weighted by atomic mass is 32.2. The average molecular weight is 254 g/mol. The predicted molar refractivity (Wildman–Crippen MR) is 57.0 cm³/mol. The average Bonchev–Trinajstić information content (AvgIpc) is 2.66. The predicted octanol–water partition coefficient (Wildman–Crippen LogP) is 0.825. The summed E-state index contributed by atoms with van der Waals surface area (Å²) in [7, 11) is 1.66. The van der Waals surface area contributed by atoms with E-state index in [1.54, 1.807) is 7.05 Å². The summed E-state index contributed by atoms with van der Waals surface area (Å²) in [5, 5.41) is 10.6. The zero-order chi connectivity index (χ0) is 11.9. The molecule has 2 aliphatic rings. The van der Waals surface area contributed by atoms with Gasteiger partial charge in [0.2, 0.25) is 0 Å². The van der Waals surface area contributed by atoms with Crippen molar-refractivity contribution in [3.05, 3.63) is 0 Å². The molecule has 2 rings (SSSR count). The monoisotopic (exact) mass is 254 g/mol. The van der Waals surface area contributed by atoms with Crippen LogP contribution in [0.15, 0.2) is 4.99 Å². The quantitative estimate of drug-likeness (QED) is 0.728. The lowest BCUT2D eigenvalue weighted by molar-refractivity contribution is 0.00905. The minimum Gasteiger partial charge on any atom is -0.389 e. The van der Waals surface area contributed by atoms with Crippen LogP contribution in [0.2, 0.25) is 0 Å². The number of amidine groups is 1. The van der Waals surface area contributed by atoms with Gasteiger partial charge in [0.05, 0.1) is 17.1 Å². The molecule has 2 heterocycles. The van der Waals surface area contributed by atoms with E-state index in [0.29, 0.717) is 12.3 Å². The molecular weight excluding hydrogens is 241 g/mol. The Morgan fingerprint density at radius 1 is 1.56 bits per heavy atom. The first-order valence-electron chi connectivity index (χ1n) is 5.04. The smallest absolute Gasteiger partial charge is 0.252 e. The minimum absolute atomic E-state index is 0.292. The molecule has 16 heavy (non-hydrogen) atoms. The molecule has 0 amide bonds. The number of thioether (sulfide) groups is 1. The van der Waals surface area contributed by atoms with Crippen LogP contribution in [0.25, 0.3) is 0 Å². The fourth-order valence-electron chi connectivity index (χ4n) is 2.07. The second-order valence-corrected chi connectivity index (χ2v) is 5.35. The van der Waals surface area contributed by atoms with Gasteiger partial charge in [0.15, 0.2) is 6.17 Å². The summed E-state index contributed by atoms with van der Waals surface area (Å²) in [6.07, 6.45) is -5.58. The van der Waals surface area contributed by atoms with E-state index in [1.807, 2.05) is 0 Å². The van der Waals surface area contributed by atoms with Crippen molar-refractivity contribution in [1.29, 1.82) is 0 Å². The molecule has 0 aromatic heterocycles. The number of aliphatic hydroxyl groups excluding tert-OH is 1. The van der Waals surface area contributed by atoms with E-state index in [0.717, 1.165) is 11.8 Å². The molecule has 92 valence electrons. The van der Waals surface area contributed by atoms with E-state index >= 15 is 0 Å². The Labute approximate surface area is 95.5 Å². The van der Waals surface area contributed by atoms with Gasteiger partial charge in [-0.25, -0.2) is 13.2 Å². The van der Waals surface area contributed by atoms with Crippen LogP contribution in [0, 0.1) is 0 Å². The highest BCUT2D eigenvalue weighted by Crippen LogP contribution is 2.42. The Kier molecular flexibility index (Phi) is 3.34. The van der Waals surface area contributed by atoms with Crippen molar-refractivity contribution in [2.45, 2.75) is 41.7 Å². The Morgan fingerprint density at radius 3 is 2.81 bits per heavy atom. The van der Waals surface area contributed by atoms with Crippen molar-refractivity contribution in [1.82, 2.24) is 5.32 Å². The third kappa shape index (κ3) is 1.90. The van der Waals surface area contributed by atoms with Gasteiger partial charge in [-0.05, 0) is 0 Å². The third-order valence-electron chi connectivity index (χ3n) is 2.94. The van der Waals surface area contributed by atoms with Crippen LogP contribution in [-0.2, 0) is 0 Å². The summed E-state index contributed by atoms with van der Waals surface area (Å²) in [6, 6.07) is -0.697. The van der Waals surface area contributed by atoms with Crippen molar-refractivity contribution < 1.29 is 18.3 Å². The Morgan fingerprint density at radius 2 is 2.25 bits per heavy atom. The normalized spacial score (nSPS) is 43.1. The molecule has 0 aromatic carbocycles. The number of hydrogen-bond donors (Lipinski definition) is 2. The number of fused-ring (bicyclic) bond motifs is 1. The van der Waals surface area contributed by atoms with Gasteiger partial charge >= 0.3 is 0 Å². The molecule has 0 bridgehead atoms. The molecule has 0 spiro atoms. The van der Waals surface area contributed by atoms with Gasteiger partial charge in [0.1, 0.15) is 6.10 Å². The number of aliphatic imine (C=N–C) groups is 1. The minimum atomic E-state index is -2.71. The molecule has 2 N–H and O–H groups in total. The van der Waals surface area contributed by atoms with Crippen LogP contribution in [0.5, 0.6) is 0 Å². The Bertz CT molecular complexity index is 302. The molecule has 3 nitrogen and oxygen atoms in total. The molecule has 1 unspecified atom stereocenters. The first-order chi connectivity index (χ1) is 7.54. The molecule has 0 aromatic rings. The number of rotatable bonds is 1. The van der Waals surface area contributed by atoms with Crippen molar-refractivity contribution in [2.24, 2.45) is 4.99 Å². The number of halogens is 3. The highest BCUT2D eigenvalue weighted by molar-refractivity contribution is 8.00. The van der Waals surface area contributed by atoms with E-state index in [1.165, 1.54) is 0 Å². The number of nitrogens with one attached hydrogen (secondary N) is 1. The summed E-state index contributed by atoms with van der Waals surface area (Å²) in [6.45, 7) is 0. The van der Waals surface area contributed by atoms with Crippen LogP contribution >= 0.6 is 11.8 Å². The molecule has 5 atom stereocenters. The Balaban J connectivity index is 2.14. The first-order valence-corrected chi connectivity index (χ1v) is 5.99. The summed E-state index contributed by atoms with van der Waals surface area (Å²) < 4.78 is 38.9. The van der Waals surface area contributed by atoms with Crippen LogP contribution < -0.4 is 5.32 Å². The fourth-order valence-corrected chi connectivity index (χ4v) is 3.53. The number of aliphatic hydroxyl groups is 1. The molecule has 2 aliphatic heterocycles. The molecule has 0 aliphatic carbocycles. The van der Waals surface area contributed by atoms with Crippen LogP contribution in [0.4, 0.5) is 13.2 Å². The van der Waals surface area contributed by atoms with Crippen molar-refractivity contribution in [3.8, 4) is 0 Å². The second kappa shape index (κ2) is 4.44. The lowest BCUT2D eigenvalue weighted by atomic mass is 10.0. The number of hydrogen-bond acceptors (Lipinski definition) is 4. The maximum absolute atomic E-state index is 13.7. The summed E-state index contributed by atoms with van der Waals surface area (Å²) >= 11 is 0.947. The number of nitrogens with zero attached hydrogens (tertiary/aromatic N) is 1. The van der Waals surface area contributed by atoms with E-state index in [9.17, 15) is 18.3 Å². The largest absolute Gasteiger partial charge is 0.389 e. The summed E-state index contributed by atoms with van der Waals surface area (Å²) in [5.41, 5.74) is 0. The highest BCUT2D eigenvalue weighted by Gasteiger charge is 2.50. The Hall–Kier alpha value is -0.430. The van der Waals surface area contributed by atoms with Crippen molar-refractivity contribution in [2.75, 3.05) is 7.05 Å². The second-order valence-electron chi connectivity index (χ2n) is 3.93. The fraction of sp³-hybridized carbons (Fsp3) is 0.889. The summed E-state index contributed by atoms with van der Waals surface area (Å²) in [5.74, 6) is 0.618. The van der Waals surface area contributed by atoms with Gasteiger partial charge in [-0.15, -0.1) is 11.8 Å². The van der Waals surface area contributed by atoms with Crippen molar-refractivity contribution in [3.63, 3.8) is 0 Å². The SMILES string of the molecule is CNC1=N[C@@H]2[C@@H](F)[C@H](O)C(C(F)F)S[C@@H]2C1. The topological polar surface area (TPSA) is 44.6 Å². The molecule has 0 saturated carbocycles. The molecule has 0 radical (unpaired) electrons. The van der Waals surface area contributed by atoms with Crippen LogP contribution in [0.3, 0.4) is 0 Å². The summed E-state index contributed by atoms with van der Waals surface area (Å²) in [4.78, 5) is 4.06. The standard InChI is InChI=1S/C9H13F3N2OS/c1-13-4-2-3-6(14-4)5(10)7(15)8(16-3)9(11)12/h3,5-9,15H,2H2,1H3,(H,13,14)/t3-,5-,6+,7+,8?/m1/s1. The van der Waals surface area contributed by atoms with Gasteiger partial charge in [-0.1, -0.05) is 0 Å². The number of alkyl halides is 3. The van der Waals surface area contributed by atoms with Gasteiger partial charge in [-0.3, -0.25) is 4.99 Å². The van der Waals surface area contributed by atoms with Crippen molar-refractivity contribution >= 4 is 17.6 Å². The van der Waals surface area contributed by atoms with Gasteiger partial charge in [-0.2, -0.15) is 0 Å². The van der Waals surface area contributed by atoms with Gasteiger partial charge in [0, 0.05) is 18.7 Å². The lowest BCUT2D eigenvalue weighted by Gasteiger charge is -2.36. The van der Waals surface area contributed by atoms with Crippen LogP contribution in [-0.4, -0.2) is 53.2 Å². The van der Waals surface area contributed by atoms with E-state index in [4.69, 9.17) is 0 Å². The van der Waals surface area contributed by atoms with E-state index in [2.05, 4.69) is 10.3 Å². The first kappa shape index (κ1) is 12.0. The zero-order valence-corrected chi connectivity index (χ0v) is 9.42. The molecule has 1 fully saturated rings. The maximum atomic E-state index is 13.7. The molecular formula is C9H13F3N2OS. The lowest BCUT2D eigenvalue weighted by Crippen LogP contribution is -2.50. The van der Waals surface area contributed by atoms with E-state index < -0.39 is 30.0 Å². The maximum Gasteiger partial charge on any atom is 0.252 e. The zero-order valence-electron chi connectivity index (χ0n) is 8.61. The molecule has 7 heteroatoms. The van der Waals surface area contributed by atoms with Gasteiger partial charge in [0.25, 0.3) is 6.43 Å².